The van der Waals surface area contributed by atoms with E-state index < -0.39 is 17.6 Å². The SMILES string of the molecule is COc1nc(Nc2cccc3c2nc(-c2cc(F)cc(C(F)(F)F)c2)n3C)ccc1-n1cnc(C)c1. The van der Waals surface area contributed by atoms with Crippen LogP contribution < -0.4 is 10.1 Å². The maximum absolute atomic E-state index is 14.1. The second kappa shape index (κ2) is 8.67. The van der Waals surface area contributed by atoms with Crippen LogP contribution in [-0.4, -0.2) is 31.2 Å². The number of hydrogen-bond acceptors (Lipinski definition) is 5. The molecule has 0 aliphatic rings. The molecule has 0 saturated carbocycles. The maximum Gasteiger partial charge on any atom is 0.416 e. The van der Waals surface area contributed by atoms with Crippen molar-refractivity contribution in [1.82, 2.24) is 24.1 Å². The summed E-state index contributed by atoms with van der Waals surface area (Å²) in [4.78, 5) is 13.3. The van der Waals surface area contributed by atoms with Gasteiger partial charge >= 0.3 is 6.18 Å². The molecule has 7 nitrogen and oxygen atoms in total. The highest BCUT2D eigenvalue weighted by atomic mass is 19.4. The number of methoxy groups -OCH3 is 1. The molecular weight excluding hydrogens is 476 g/mol. The Morgan fingerprint density at radius 1 is 1.03 bits per heavy atom. The van der Waals surface area contributed by atoms with E-state index in [0.29, 0.717) is 40.2 Å². The fourth-order valence-corrected chi connectivity index (χ4v) is 4.00. The Labute approximate surface area is 203 Å². The first-order valence-corrected chi connectivity index (χ1v) is 10.8. The van der Waals surface area contributed by atoms with Crippen molar-refractivity contribution in [2.24, 2.45) is 7.05 Å². The lowest BCUT2D eigenvalue weighted by Gasteiger charge is -2.11. The number of hydrogen-bond donors (Lipinski definition) is 1. The van der Waals surface area contributed by atoms with Crippen molar-refractivity contribution in [2.75, 3.05) is 12.4 Å². The van der Waals surface area contributed by atoms with Crippen LogP contribution in [0.3, 0.4) is 0 Å². The van der Waals surface area contributed by atoms with Crippen molar-refractivity contribution in [1.29, 1.82) is 0 Å². The van der Waals surface area contributed by atoms with Crippen LogP contribution in [0.1, 0.15) is 11.3 Å². The first kappa shape index (κ1) is 23.3. The van der Waals surface area contributed by atoms with E-state index in [1.54, 1.807) is 46.8 Å². The van der Waals surface area contributed by atoms with E-state index in [0.717, 1.165) is 17.8 Å². The second-order valence-corrected chi connectivity index (χ2v) is 8.17. The standard InChI is InChI=1S/C25H20F4N6O/c1-14-12-35(13-30-14)20-7-8-21(32-24(20)36-3)31-18-5-4-6-19-22(18)33-23(34(19)2)15-9-16(25(27,28)29)11-17(26)10-15/h4-13H,1-3H3,(H,31,32). The molecule has 0 bridgehead atoms. The summed E-state index contributed by atoms with van der Waals surface area (Å²) in [6.45, 7) is 1.88. The van der Waals surface area contributed by atoms with Gasteiger partial charge in [0.05, 0.1) is 35.9 Å². The molecule has 0 aliphatic heterocycles. The van der Waals surface area contributed by atoms with Crippen molar-refractivity contribution in [2.45, 2.75) is 13.1 Å². The first-order chi connectivity index (χ1) is 17.1. The van der Waals surface area contributed by atoms with Gasteiger partial charge in [-0.25, -0.2) is 14.4 Å². The molecule has 0 spiro atoms. The number of anilines is 2. The predicted octanol–water partition coefficient (Wildman–Crippen LogP) is 6.04. The number of aromatic nitrogens is 5. The van der Waals surface area contributed by atoms with Gasteiger partial charge in [0.1, 0.15) is 28.7 Å². The number of rotatable bonds is 5. The van der Waals surface area contributed by atoms with Gasteiger partial charge < -0.3 is 19.2 Å². The topological polar surface area (TPSA) is 69.8 Å². The fourth-order valence-electron chi connectivity index (χ4n) is 4.00. The third-order valence-electron chi connectivity index (χ3n) is 5.68. The minimum Gasteiger partial charge on any atom is -0.479 e. The highest BCUT2D eigenvalue weighted by Crippen LogP contribution is 2.35. The molecule has 3 heterocycles. The number of imidazole rings is 2. The van der Waals surface area contributed by atoms with Crippen molar-refractivity contribution < 1.29 is 22.3 Å². The molecule has 0 radical (unpaired) electrons. The fraction of sp³-hybridized carbons (Fsp3) is 0.160. The molecular formula is C25H20F4N6O. The van der Waals surface area contributed by atoms with E-state index in [-0.39, 0.29) is 11.4 Å². The maximum atomic E-state index is 14.1. The lowest BCUT2D eigenvalue weighted by atomic mass is 10.1. The smallest absolute Gasteiger partial charge is 0.416 e. The Morgan fingerprint density at radius 2 is 1.83 bits per heavy atom. The van der Waals surface area contributed by atoms with Crippen LogP contribution in [0.25, 0.3) is 28.1 Å². The molecule has 5 rings (SSSR count). The number of nitrogens with one attached hydrogen (secondary N) is 1. The summed E-state index contributed by atoms with van der Waals surface area (Å²) in [5.74, 6) is 0.0401. The number of ether oxygens (including phenoxy) is 1. The van der Waals surface area contributed by atoms with E-state index in [1.165, 1.54) is 7.11 Å². The number of alkyl halides is 3. The molecule has 0 atom stereocenters. The molecule has 2 aromatic carbocycles. The van der Waals surface area contributed by atoms with Crippen molar-refractivity contribution >= 4 is 22.5 Å². The van der Waals surface area contributed by atoms with Crippen LogP contribution in [0.4, 0.5) is 29.1 Å². The summed E-state index contributed by atoms with van der Waals surface area (Å²) in [5.41, 5.74) is 2.20. The number of aryl methyl sites for hydroxylation is 2. The number of pyridine rings is 1. The Morgan fingerprint density at radius 3 is 2.53 bits per heavy atom. The van der Waals surface area contributed by atoms with Gasteiger partial charge in [0, 0.05) is 18.8 Å². The molecule has 11 heteroatoms. The third kappa shape index (κ3) is 4.23. The monoisotopic (exact) mass is 496 g/mol. The number of halogens is 4. The van der Waals surface area contributed by atoms with Crippen molar-refractivity contribution in [3.63, 3.8) is 0 Å². The van der Waals surface area contributed by atoms with E-state index in [2.05, 4.69) is 20.3 Å². The van der Waals surface area contributed by atoms with Gasteiger partial charge in [0.2, 0.25) is 5.88 Å². The summed E-state index contributed by atoms with van der Waals surface area (Å²) >= 11 is 0. The number of fused-ring (bicyclic) bond motifs is 1. The minimum absolute atomic E-state index is 0.0201. The summed E-state index contributed by atoms with van der Waals surface area (Å²) in [6.07, 6.45) is -1.17. The van der Waals surface area contributed by atoms with E-state index in [4.69, 9.17) is 4.74 Å². The van der Waals surface area contributed by atoms with Crippen LogP contribution in [0.5, 0.6) is 5.88 Å². The average Bonchev–Trinajstić information content (AvgIpc) is 3.42. The van der Waals surface area contributed by atoms with E-state index >= 15 is 0 Å². The molecule has 5 aromatic rings. The predicted molar refractivity (Wildman–Crippen MR) is 127 cm³/mol. The van der Waals surface area contributed by atoms with Gasteiger partial charge in [0.25, 0.3) is 0 Å². The molecule has 0 amide bonds. The highest BCUT2D eigenvalue weighted by Gasteiger charge is 2.32. The zero-order valence-electron chi connectivity index (χ0n) is 19.4. The average molecular weight is 496 g/mol. The van der Waals surface area contributed by atoms with Crippen LogP contribution in [-0.2, 0) is 13.2 Å². The van der Waals surface area contributed by atoms with Gasteiger partial charge in [-0.3, -0.25) is 0 Å². The first-order valence-electron chi connectivity index (χ1n) is 10.8. The molecule has 36 heavy (non-hydrogen) atoms. The Hall–Kier alpha value is -4.41. The summed E-state index contributed by atoms with van der Waals surface area (Å²) < 4.78 is 62.7. The quantitative estimate of drug-likeness (QED) is 0.301. The van der Waals surface area contributed by atoms with Crippen LogP contribution in [0.15, 0.2) is 61.1 Å². The van der Waals surface area contributed by atoms with Gasteiger partial charge in [0.15, 0.2) is 0 Å². The van der Waals surface area contributed by atoms with E-state index in [9.17, 15) is 17.6 Å². The van der Waals surface area contributed by atoms with Gasteiger partial charge in [-0.15, -0.1) is 0 Å². The Balaban J connectivity index is 1.55. The largest absolute Gasteiger partial charge is 0.479 e. The van der Waals surface area contributed by atoms with Gasteiger partial charge in [-0.1, -0.05) is 6.07 Å². The van der Waals surface area contributed by atoms with Gasteiger partial charge in [-0.2, -0.15) is 18.2 Å². The zero-order chi connectivity index (χ0) is 25.6. The number of para-hydroxylation sites is 1. The van der Waals surface area contributed by atoms with Crippen LogP contribution in [0.2, 0.25) is 0 Å². The lowest BCUT2D eigenvalue weighted by Crippen LogP contribution is -2.06. The molecule has 0 unspecified atom stereocenters. The molecule has 1 N–H and O–H groups in total. The third-order valence-corrected chi connectivity index (χ3v) is 5.68. The molecule has 184 valence electrons. The second-order valence-electron chi connectivity index (χ2n) is 8.17. The van der Waals surface area contributed by atoms with Crippen molar-refractivity contribution in [3.8, 4) is 23.0 Å². The van der Waals surface area contributed by atoms with Crippen LogP contribution >= 0.6 is 0 Å². The van der Waals surface area contributed by atoms with Crippen molar-refractivity contribution in [3.05, 3.63) is 78.1 Å². The van der Waals surface area contributed by atoms with E-state index in [1.807, 2.05) is 19.2 Å². The molecule has 0 saturated heterocycles. The number of benzene rings is 2. The lowest BCUT2D eigenvalue weighted by molar-refractivity contribution is -0.137. The minimum atomic E-state index is -4.68. The number of nitrogens with zero attached hydrogens (tertiary/aromatic N) is 5. The molecule has 0 aliphatic carbocycles. The van der Waals surface area contributed by atoms with Gasteiger partial charge in [-0.05, 0) is 49.4 Å². The Bertz CT molecular complexity index is 1590. The Kier molecular flexibility index (Phi) is 5.62. The molecule has 0 fully saturated rings. The van der Waals surface area contributed by atoms with Crippen LogP contribution in [0, 0.1) is 12.7 Å². The zero-order valence-corrected chi connectivity index (χ0v) is 19.4. The summed E-state index contributed by atoms with van der Waals surface area (Å²) in [6, 6.07) is 11.3. The normalized spacial score (nSPS) is 11.8. The molecule has 3 aromatic heterocycles. The summed E-state index contributed by atoms with van der Waals surface area (Å²) in [5, 5.41) is 3.20. The highest BCUT2D eigenvalue weighted by molar-refractivity contribution is 5.92. The summed E-state index contributed by atoms with van der Waals surface area (Å²) in [7, 11) is 3.18.